The fraction of sp³-hybridized carbons (Fsp3) is 0.500. The molecule has 0 bridgehead atoms. The van der Waals surface area contributed by atoms with Gasteiger partial charge in [0.1, 0.15) is 0 Å². The molecule has 0 saturated heterocycles. The summed E-state index contributed by atoms with van der Waals surface area (Å²) in [7, 11) is 3.83. The molecule has 0 aliphatic heterocycles. The van der Waals surface area contributed by atoms with E-state index in [9.17, 15) is 0 Å². The van der Waals surface area contributed by atoms with Crippen LogP contribution in [-0.4, -0.2) is 14.1 Å². The van der Waals surface area contributed by atoms with Gasteiger partial charge in [0, 0.05) is 14.1 Å². The summed E-state index contributed by atoms with van der Waals surface area (Å²) in [5, 5.41) is 6.17. The van der Waals surface area contributed by atoms with Crippen LogP contribution in [0.1, 0.15) is 27.7 Å². The summed E-state index contributed by atoms with van der Waals surface area (Å²) < 4.78 is 0. The Kier molecular flexibility index (Phi) is 12.9. The first-order valence-electron chi connectivity index (χ1n) is 5.33. The van der Waals surface area contributed by atoms with Gasteiger partial charge >= 0.3 is 0 Å². The Bertz CT molecular complexity index is 186. The van der Waals surface area contributed by atoms with Crippen molar-refractivity contribution in [2.45, 2.75) is 27.7 Å². The average molecular weight is 196 g/mol. The molecule has 0 heterocycles. The molecule has 14 heavy (non-hydrogen) atoms. The van der Waals surface area contributed by atoms with Crippen LogP contribution in [0.4, 0.5) is 11.4 Å². The predicted octanol–water partition coefficient (Wildman–Crippen LogP) is 3.82. The molecule has 0 fully saturated rings. The number of anilines is 2. The normalized spacial score (nSPS) is 7.29. The first-order valence-corrected chi connectivity index (χ1v) is 5.33. The van der Waals surface area contributed by atoms with E-state index >= 15 is 0 Å². The molecule has 0 unspecified atom stereocenters. The fourth-order valence-electron chi connectivity index (χ4n) is 0.919. The molecular formula is C12H24N2. The lowest BCUT2D eigenvalue weighted by Gasteiger charge is -2.06. The number of para-hydroxylation sites is 2. The van der Waals surface area contributed by atoms with Gasteiger partial charge in [-0.05, 0) is 12.1 Å². The van der Waals surface area contributed by atoms with Crippen LogP contribution >= 0.6 is 0 Å². The van der Waals surface area contributed by atoms with Gasteiger partial charge < -0.3 is 10.6 Å². The van der Waals surface area contributed by atoms with Crippen molar-refractivity contribution in [3.05, 3.63) is 24.3 Å². The second-order valence-corrected chi connectivity index (χ2v) is 2.05. The predicted molar refractivity (Wildman–Crippen MR) is 68.2 cm³/mol. The van der Waals surface area contributed by atoms with Gasteiger partial charge in [0.15, 0.2) is 0 Å². The Labute approximate surface area is 88.7 Å². The van der Waals surface area contributed by atoms with Crippen molar-refractivity contribution < 1.29 is 0 Å². The molecule has 0 saturated carbocycles. The van der Waals surface area contributed by atoms with Crippen LogP contribution < -0.4 is 10.6 Å². The summed E-state index contributed by atoms with van der Waals surface area (Å²) in [6.07, 6.45) is 0. The quantitative estimate of drug-likeness (QED) is 0.751. The van der Waals surface area contributed by atoms with Crippen LogP contribution in [0.5, 0.6) is 0 Å². The Balaban J connectivity index is 0. The van der Waals surface area contributed by atoms with Gasteiger partial charge in [-0.15, -0.1) is 0 Å². The molecule has 0 radical (unpaired) electrons. The van der Waals surface area contributed by atoms with Gasteiger partial charge in [0.2, 0.25) is 0 Å². The maximum Gasteiger partial charge on any atom is 0.0573 e. The minimum atomic E-state index is 1.13. The Morgan fingerprint density at radius 3 is 1.21 bits per heavy atom. The molecule has 1 aromatic rings. The monoisotopic (exact) mass is 196 g/mol. The van der Waals surface area contributed by atoms with Crippen molar-refractivity contribution >= 4 is 11.4 Å². The summed E-state index contributed by atoms with van der Waals surface area (Å²) in [5.41, 5.74) is 2.26. The zero-order chi connectivity index (χ0) is 11.4. The van der Waals surface area contributed by atoms with Crippen molar-refractivity contribution in [1.29, 1.82) is 0 Å². The van der Waals surface area contributed by atoms with E-state index in [4.69, 9.17) is 0 Å². The van der Waals surface area contributed by atoms with E-state index in [0.717, 1.165) is 11.4 Å². The second kappa shape index (κ2) is 11.8. The topological polar surface area (TPSA) is 24.1 Å². The lowest BCUT2D eigenvalue weighted by Crippen LogP contribution is -1.95. The highest BCUT2D eigenvalue weighted by Gasteiger charge is 1.92. The summed E-state index contributed by atoms with van der Waals surface area (Å²) in [6, 6.07) is 8.08. The largest absolute Gasteiger partial charge is 0.386 e. The summed E-state index contributed by atoms with van der Waals surface area (Å²) in [5.74, 6) is 0. The molecule has 0 atom stereocenters. The van der Waals surface area contributed by atoms with Crippen molar-refractivity contribution in [2.75, 3.05) is 24.7 Å². The Morgan fingerprint density at radius 2 is 1.00 bits per heavy atom. The SMILES string of the molecule is CC.CC.CNc1ccccc1NC. The molecule has 1 rings (SSSR count). The molecule has 2 N–H and O–H groups in total. The number of hydrogen-bond acceptors (Lipinski definition) is 2. The summed E-state index contributed by atoms with van der Waals surface area (Å²) in [6.45, 7) is 8.00. The van der Waals surface area contributed by atoms with Crippen molar-refractivity contribution in [1.82, 2.24) is 0 Å². The number of rotatable bonds is 2. The Morgan fingerprint density at radius 1 is 0.714 bits per heavy atom. The van der Waals surface area contributed by atoms with Gasteiger partial charge in [-0.2, -0.15) is 0 Å². The van der Waals surface area contributed by atoms with Gasteiger partial charge in [-0.1, -0.05) is 39.8 Å². The fourth-order valence-corrected chi connectivity index (χ4v) is 0.919. The number of hydrogen-bond donors (Lipinski definition) is 2. The highest BCUT2D eigenvalue weighted by atomic mass is 14.9. The highest BCUT2D eigenvalue weighted by molar-refractivity contribution is 5.67. The van der Waals surface area contributed by atoms with E-state index in [1.54, 1.807) is 0 Å². The molecule has 82 valence electrons. The van der Waals surface area contributed by atoms with Gasteiger partial charge in [-0.25, -0.2) is 0 Å². The molecule has 0 spiro atoms. The molecule has 0 amide bonds. The second-order valence-electron chi connectivity index (χ2n) is 2.05. The molecule has 0 aliphatic carbocycles. The first kappa shape index (κ1) is 15.3. The smallest absolute Gasteiger partial charge is 0.0573 e. The standard InChI is InChI=1S/C8H12N2.2C2H6/c1-9-7-5-3-4-6-8(7)10-2;2*1-2/h3-6,9-10H,1-2H3;2*1-2H3. The summed E-state index contributed by atoms with van der Waals surface area (Å²) in [4.78, 5) is 0. The molecule has 0 aliphatic rings. The molecule has 2 nitrogen and oxygen atoms in total. The minimum absolute atomic E-state index is 1.13. The molecule has 2 heteroatoms. The third kappa shape index (κ3) is 5.46. The van der Waals surface area contributed by atoms with Crippen molar-refractivity contribution in [3.63, 3.8) is 0 Å². The third-order valence-electron chi connectivity index (χ3n) is 1.47. The van der Waals surface area contributed by atoms with E-state index in [-0.39, 0.29) is 0 Å². The molecule has 0 aromatic heterocycles. The molecular weight excluding hydrogens is 172 g/mol. The van der Waals surface area contributed by atoms with Gasteiger partial charge in [-0.3, -0.25) is 0 Å². The zero-order valence-electron chi connectivity index (χ0n) is 10.3. The van der Waals surface area contributed by atoms with Crippen LogP contribution in [0.3, 0.4) is 0 Å². The van der Waals surface area contributed by atoms with E-state index in [1.807, 2.05) is 66.1 Å². The van der Waals surface area contributed by atoms with Gasteiger partial charge in [0.05, 0.1) is 11.4 Å². The van der Waals surface area contributed by atoms with Gasteiger partial charge in [0.25, 0.3) is 0 Å². The van der Waals surface area contributed by atoms with Crippen LogP contribution in [0.15, 0.2) is 24.3 Å². The average Bonchev–Trinajstić information content (AvgIpc) is 2.34. The lowest BCUT2D eigenvalue weighted by molar-refractivity contribution is 1.45. The maximum absolute atomic E-state index is 3.08. The van der Waals surface area contributed by atoms with E-state index in [0.29, 0.717) is 0 Å². The van der Waals surface area contributed by atoms with Crippen LogP contribution in [-0.2, 0) is 0 Å². The summed E-state index contributed by atoms with van der Waals surface area (Å²) >= 11 is 0. The first-order chi connectivity index (χ1) is 6.88. The number of benzene rings is 1. The van der Waals surface area contributed by atoms with Crippen molar-refractivity contribution in [2.24, 2.45) is 0 Å². The molecule has 1 aromatic carbocycles. The zero-order valence-corrected chi connectivity index (χ0v) is 10.3. The minimum Gasteiger partial charge on any atom is -0.386 e. The third-order valence-corrected chi connectivity index (χ3v) is 1.47. The maximum atomic E-state index is 3.08. The van der Waals surface area contributed by atoms with Crippen molar-refractivity contribution in [3.8, 4) is 0 Å². The Hall–Kier alpha value is -1.18. The lowest BCUT2D eigenvalue weighted by atomic mass is 10.3. The van der Waals surface area contributed by atoms with E-state index < -0.39 is 0 Å². The van der Waals surface area contributed by atoms with E-state index in [2.05, 4.69) is 10.6 Å². The highest BCUT2D eigenvalue weighted by Crippen LogP contribution is 2.18. The van der Waals surface area contributed by atoms with Crippen LogP contribution in [0.2, 0.25) is 0 Å². The number of nitrogens with one attached hydrogen (secondary N) is 2. The van der Waals surface area contributed by atoms with E-state index in [1.165, 1.54) is 0 Å². The van der Waals surface area contributed by atoms with Crippen LogP contribution in [0, 0.1) is 0 Å². The van der Waals surface area contributed by atoms with Crippen LogP contribution in [0.25, 0.3) is 0 Å².